The van der Waals surface area contributed by atoms with Crippen molar-refractivity contribution in [1.29, 1.82) is 5.26 Å². The lowest BCUT2D eigenvalue weighted by molar-refractivity contribution is -0.118. The fourth-order valence-corrected chi connectivity index (χ4v) is 2.04. The molecule has 0 radical (unpaired) electrons. The molecule has 6 heteroatoms. The van der Waals surface area contributed by atoms with Crippen molar-refractivity contribution < 1.29 is 19.0 Å². The van der Waals surface area contributed by atoms with Gasteiger partial charge in [0.2, 0.25) is 0 Å². The zero-order valence-electron chi connectivity index (χ0n) is 13.5. The molecule has 0 aliphatic heterocycles. The second-order valence-corrected chi connectivity index (χ2v) is 4.88. The quantitative estimate of drug-likeness (QED) is 0.846. The van der Waals surface area contributed by atoms with Gasteiger partial charge in [0.15, 0.2) is 6.61 Å². The molecule has 0 heterocycles. The van der Waals surface area contributed by atoms with Gasteiger partial charge < -0.3 is 19.5 Å². The lowest BCUT2D eigenvalue weighted by atomic mass is 10.2. The Hall–Kier alpha value is -3.20. The normalized spacial score (nSPS) is 9.71. The number of benzene rings is 2. The molecule has 0 aliphatic carbocycles. The molecule has 2 rings (SSSR count). The van der Waals surface area contributed by atoms with Crippen molar-refractivity contribution in [3.05, 3.63) is 48.0 Å². The zero-order chi connectivity index (χ0) is 17.4. The molecular weight excluding hydrogens is 308 g/mol. The number of methoxy groups -OCH3 is 2. The molecule has 6 nitrogen and oxygen atoms in total. The number of carbonyl (C=O) groups is 1. The predicted molar refractivity (Wildman–Crippen MR) is 89.4 cm³/mol. The highest BCUT2D eigenvalue weighted by molar-refractivity contribution is 5.93. The molecule has 2 aromatic rings. The highest BCUT2D eigenvalue weighted by Gasteiger charge is 2.10. The van der Waals surface area contributed by atoms with Crippen molar-refractivity contribution in [3.8, 4) is 23.3 Å². The molecule has 0 spiro atoms. The number of hydrogen-bond donors (Lipinski definition) is 1. The minimum atomic E-state index is -0.317. The molecule has 1 N–H and O–H groups in total. The van der Waals surface area contributed by atoms with Gasteiger partial charge >= 0.3 is 0 Å². The van der Waals surface area contributed by atoms with E-state index < -0.39 is 0 Å². The number of amides is 1. The lowest BCUT2D eigenvalue weighted by Crippen LogP contribution is -2.20. The van der Waals surface area contributed by atoms with Crippen LogP contribution in [-0.4, -0.2) is 26.7 Å². The molecule has 24 heavy (non-hydrogen) atoms. The van der Waals surface area contributed by atoms with Gasteiger partial charge in [-0.1, -0.05) is 12.1 Å². The molecular formula is C18H18N2O4. The second-order valence-electron chi connectivity index (χ2n) is 4.88. The zero-order valence-corrected chi connectivity index (χ0v) is 13.5. The fraction of sp³-hybridized carbons (Fsp3) is 0.222. The third-order valence-electron chi connectivity index (χ3n) is 3.26. The minimum absolute atomic E-state index is 0.141. The number of anilines is 1. The van der Waals surface area contributed by atoms with Crippen LogP contribution in [0.2, 0.25) is 0 Å². The van der Waals surface area contributed by atoms with Crippen molar-refractivity contribution in [2.75, 3.05) is 26.1 Å². The Kier molecular flexibility index (Phi) is 6.03. The summed E-state index contributed by atoms with van der Waals surface area (Å²) < 4.78 is 15.8. The molecule has 0 saturated heterocycles. The number of ether oxygens (including phenoxy) is 3. The van der Waals surface area contributed by atoms with Gasteiger partial charge in [-0.2, -0.15) is 5.26 Å². The van der Waals surface area contributed by atoms with Crippen LogP contribution in [0.5, 0.6) is 17.2 Å². The summed E-state index contributed by atoms with van der Waals surface area (Å²) in [5, 5.41) is 11.4. The first-order chi connectivity index (χ1) is 11.7. The Morgan fingerprint density at radius 2 is 1.79 bits per heavy atom. The summed E-state index contributed by atoms with van der Waals surface area (Å²) in [5.74, 6) is 1.39. The average molecular weight is 326 g/mol. The smallest absolute Gasteiger partial charge is 0.262 e. The number of carbonyl (C=O) groups excluding carboxylic acids is 1. The van der Waals surface area contributed by atoms with Gasteiger partial charge in [0.25, 0.3) is 5.91 Å². The molecule has 124 valence electrons. The fourth-order valence-electron chi connectivity index (χ4n) is 2.04. The number of nitriles is 1. The van der Waals surface area contributed by atoms with Gasteiger partial charge in [-0.05, 0) is 29.8 Å². The topological polar surface area (TPSA) is 80.6 Å². The van der Waals surface area contributed by atoms with E-state index in [0.717, 1.165) is 5.56 Å². The van der Waals surface area contributed by atoms with Crippen LogP contribution < -0.4 is 19.5 Å². The van der Waals surface area contributed by atoms with Gasteiger partial charge in [0.05, 0.1) is 32.4 Å². The molecule has 1 amide bonds. The third-order valence-corrected chi connectivity index (χ3v) is 3.26. The Bertz CT molecular complexity index is 736. The molecule has 0 saturated carbocycles. The van der Waals surface area contributed by atoms with E-state index in [1.807, 2.05) is 0 Å². The van der Waals surface area contributed by atoms with Crippen molar-refractivity contribution in [2.24, 2.45) is 0 Å². The number of nitrogens with one attached hydrogen (secondary N) is 1. The maximum atomic E-state index is 12.0. The van der Waals surface area contributed by atoms with Gasteiger partial charge in [-0.15, -0.1) is 0 Å². The molecule has 0 aromatic heterocycles. The summed E-state index contributed by atoms with van der Waals surface area (Å²) in [4.78, 5) is 12.0. The summed E-state index contributed by atoms with van der Waals surface area (Å²) in [5.41, 5.74) is 1.41. The molecule has 0 fully saturated rings. The van der Waals surface area contributed by atoms with Crippen LogP contribution in [0.25, 0.3) is 0 Å². The largest absolute Gasteiger partial charge is 0.497 e. The van der Waals surface area contributed by atoms with E-state index in [1.54, 1.807) is 49.6 Å². The minimum Gasteiger partial charge on any atom is -0.497 e. The Morgan fingerprint density at radius 3 is 2.42 bits per heavy atom. The Labute approximate surface area is 140 Å². The van der Waals surface area contributed by atoms with Gasteiger partial charge in [0.1, 0.15) is 17.2 Å². The van der Waals surface area contributed by atoms with Crippen LogP contribution in [0.1, 0.15) is 5.56 Å². The predicted octanol–water partition coefficient (Wildman–Crippen LogP) is 2.79. The van der Waals surface area contributed by atoms with Crippen LogP contribution in [0.4, 0.5) is 5.69 Å². The number of rotatable bonds is 7. The average Bonchev–Trinajstić information content (AvgIpc) is 2.61. The van der Waals surface area contributed by atoms with E-state index in [-0.39, 0.29) is 12.5 Å². The van der Waals surface area contributed by atoms with Gasteiger partial charge in [-0.3, -0.25) is 4.79 Å². The van der Waals surface area contributed by atoms with Crippen LogP contribution in [0.15, 0.2) is 42.5 Å². The lowest BCUT2D eigenvalue weighted by Gasteiger charge is -2.12. The summed E-state index contributed by atoms with van der Waals surface area (Å²) >= 11 is 0. The Morgan fingerprint density at radius 1 is 1.08 bits per heavy atom. The first-order valence-corrected chi connectivity index (χ1v) is 7.27. The maximum Gasteiger partial charge on any atom is 0.262 e. The van der Waals surface area contributed by atoms with E-state index in [4.69, 9.17) is 19.5 Å². The van der Waals surface area contributed by atoms with Crippen LogP contribution in [-0.2, 0) is 11.2 Å². The van der Waals surface area contributed by atoms with Crippen molar-refractivity contribution in [2.45, 2.75) is 6.42 Å². The molecule has 0 atom stereocenters. The summed E-state index contributed by atoms with van der Waals surface area (Å²) in [6.45, 7) is -0.141. The van der Waals surface area contributed by atoms with Gasteiger partial charge in [-0.25, -0.2) is 0 Å². The van der Waals surface area contributed by atoms with Crippen LogP contribution in [0.3, 0.4) is 0 Å². The number of nitrogens with zero attached hydrogens (tertiary/aromatic N) is 1. The van der Waals surface area contributed by atoms with E-state index in [9.17, 15) is 4.79 Å². The van der Waals surface area contributed by atoms with Gasteiger partial charge in [0, 0.05) is 6.07 Å². The van der Waals surface area contributed by atoms with Crippen LogP contribution in [0, 0.1) is 11.3 Å². The first-order valence-electron chi connectivity index (χ1n) is 7.27. The molecule has 0 bridgehead atoms. The second kappa shape index (κ2) is 8.44. The highest BCUT2D eigenvalue weighted by Crippen LogP contribution is 2.28. The van der Waals surface area contributed by atoms with E-state index >= 15 is 0 Å². The standard InChI is InChI=1S/C18H18N2O4/c1-22-15-7-8-17(23-2)16(11-15)20-18(21)12-24-14-5-3-13(4-6-14)9-10-19/h3-8,11H,9,12H2,1-2H3,(H,20,21). The Balaban J connectivity index is 1.95. The highest BCUT2D eigenvalue weighted by atomic mass is 16.5. The molecule has 0 unspecified atom stereocenters. The first kappa shape index (κ1) is 17.2. The SMILES string of the molecule is COc1ccc(OC)c(NC(=O)COc2ccc(CC#N)cc2)c1. The number of hydrogen-bond acceptors (Lipinski definition) is 5. The van der Waals surface area contributed by atoms with E-state index in [2.05, 4.69) is 11.4 Å². The maximum absolute atomic E-state index is 12.0. The third kappa shape index (κ3) is 4.65. The summed E-state index contributed by atoms with van der Waals surface area (Å²) in [6, 6.07) is 14.2. The summed E-state index contributed by atoms with van der Waals surface area (Å²) in [7, 11) is 3.07. The van der Waals surface area contributed by atoms with E-state index in [0.29, 0.717) is 29.4 Å². The molecule has 0 aliphatic rings. The summed E-state index contributed by atoms with van der Waals surface area (Å²) in [6.07, 6.45) is 0.344. The van der Waals surface area contributed by atoms with Crippen molar-refractivity contribution in [1.82, 2.24) is 0 Å². The van der Waals surface area contributed by atoms with Crippen molar-refractivity contribution >= 4 is 11.6 Å². The van der Waals surface area contributed by atoms with E-state index in [1.165, 1.54) is 7.11 Å². The monoisotopic (exact) mass is 326 g/mol. The van der Waals surface area contributed by atoms with Crippen molar-refractivity contribution in [3.63, 3.8) is 0 Å². The molecule has 2 aromatic carbocycles. The van der Waals surface area contributed by atoms with Crippen LogP contribution >= 0.6 is 0 Å².